The van der Waals surface area contributed by atoms with Crippen molar-refractivity contribution in [2.75, 3.05) is 31.1 Å². The summed E-state index contributed by atoms with van der Waals surface area (Å²) in [5, 5.41) is 14.5. The molecule has 1 aliphatic heterocycles. The summed E-state index contributed by atoms with van der Waals surface area (Å²) in [5.41, 5.74) is 0.939. The highest BCUT2D eigenvalue weighted by Gasteiger charge is 2.21. The Morgan fingerprint density at radius 3 is 2.89 bits per heavy atom. The van der Waals surface area contributed by atoms with Crippen molar-refractivity contribution in [1.29, 1.82) is 0 Å². The van der Waals surface area contributed by atoms with Crippen molar-refractivity contribution in [2.24, 2.45) is 5.92 Å². The minimum atomic E-state index is -0.295. The maximum absolute atomic E-state index is 11.1. The largest absolute Gasteiger partial charge is 0.366 e. The molecule has 1 saturated heterocycles. The SMILES string of the molecule is CCN(CC1CCCNC1)c1ccccc1[N+](=O)[O-]. The van der Waals surface area contributed by atoms with Crippen molar-refractivity contribution in [1.82, 2.24) is 5.32 Å². The van der Waals surface area contributed by atoms with Gasteiger partial charge in [0, 0.05) is 19.2 Å². The monoisotopic (exact) mass is 263 g/mol. The minimum absolute atomic E-state index is 0.202. The first-order valence-electron chi connectivity index (χ1n) is 6.91. The van der Waals surface area contributed by atoms with Crippen LogP contribution in [-0.4, -0.2) is 31.1 Å². The molecule has 1 fully saturated rings. The number of para-hydroxylation sites is 2. The van der Waals surface area contributed by atoms with Crippen molar-refractivity contribution in [3.8, 4) is 0 Å². The summed E-state index contributed by atoms with van der Waals surface area (Å²) in [5.74, 6) is 0.577. The Morgan fingerprint density at radius 1 is 1.47 bits per heavy atom. The first-order valence-corrected chi connectivity index (χ1v) is 6.91. The van der Waals surface area contributed by atoms with Gasteiger partial charge in [-0.2, -0.15) is 0 Å². The molecule has 1 N–H and O–H groups in total. The van der Waals surface area contributed by atoms with Crippen molar-refractivity contribution in [3.63, 3.8) is 0 Å². The molecule has 2 rings (SSSR count). The number of nitro groups is 1. The summed E-state index contributed by atoms with van der Waals surface area (Å²) in [6.45, 7) is 5.83. The molecule has 0 radical (unpaired) electrons. The van der Waals surface area contributed by atoms with E-state index in [2.05, 4.69) is 10.2 Å². The van der Waals surface area contributed by atoms with E-state index in [1.807, 2.05) is 19.1 Å². The van der Waals surface area contributed by atoms with Gasteiger partial charge in [0.1, 0.15) is 5.69 Å². The van der Waals surface area contributed by atoms with E-state index < -0.39 is 0 Å². The van der Waals surface area contributed by atoms with Gasteiger partial charge in [0.05, 0.1) is 4.92 Å². The van der Waals surface area contributed by atoms with Crippen LogP contribution in [0.15, 0.2) is 24.3 Å². The van der Waals surface area contributed by atoms with Crippen LogP contribution in [0.1, 0.15) is 19.8 Å². The maximum atomic E-state index is 11.1. The molecular weight excluding hydrogens is 242 g/mol. The van der Waals surface area contributed by atoms with Crippen LogP contribution in [0.3, 0.4) is 0 Å². The average Bonchev–Trinajstić information content (AvgIpc) is 2.46. The minimum Gasteiger partial charge on any atom is -0.366 e. The second-order valence-corrected chi connectivity index (χ2v) is 5.00. The third-order valence-electron chi connectivity index (χ3n) is 3.68. The standard InChI is InChI=1S/C14H21N3O2/c1-2-16(11-12-6-5-9-15-10-12)13-7-3-4-8-14(13)17(18)19/h3-4,7-8,12,15H,2,5-6,9-11H2,1H3. The molecule has 1 heterocycles. The quantitative estimate of drug-likeness (QED) is 0.654. The lowest BCUT2D eigenvalue weighted by Crippen LogP contribution is -2.38. The van der Waals surface area contributed by atoms with Gasteiger partial charge >= 0.3 is 0 Å². The lowest BCUT2D eigenvalue weighted by Gasteiger charge is -2.30. The summed E-state index contributed by atoms with van der Waals surface area (Å²) in [6.07, 6.45) is 2.39. The molecule has 1 unspecified atom stereocenters. The van der Waals surface area contributed by atoms with Crippen LogP contribution in [0.2, 0.25) is 0 Å². The summed E-state index contributed by atoms with van der Waals surface area (Å²) in [7, 11) is 0. The predicted octanol–water partition coefficient (Wildman–Crippen LogP) is 2.42. The molecule has 19 heavy (non-hydrogen) atoms. The number of anilines is 1. The zero-order valence-electron chi connectivity index (χ0n) is 11.3. The number of piperidine rings is 1. The van der Waals surface area contributed by atoms with Crippen molar-refractivity contribution in [2.45, 2.75) is 19.8 Å². The Bertz CT molecular complexity index is 430. The topological polar surface area (TPSA) is 58.4 Å². The number of nitro benzene ring substituents is 1. The van der Waals surface area contributed by atoms with Crippen LogP contribution in [0, 0.1) is 16.0 Å². The number of benzene rings is 1. The number of hydrogen-bond donors (Lipinski definition) is 1. The lowest BCUT2D eigenvalue weighted by atomic mass is 9.98. The van der Waals surface area contributed by atoms with E-state index in [0.29, 0.717) is 5.92 Å². The molecule has 5 heteroatoms. The molecule has 0 bridgehead atoms. The van der Waals surface area contributed by atoms with Gasteiger partial charge in [0.25, 0.3) is 5.69 Å². The smallest absolute Gasteiger partial charge is 0.292 e. The fourth-order valence-electron chi connectivity index (χ4n) is 2.68. The average molecular weight is 263 g/mol. The maximum Gasteiger partial charge on any atom is 0.292 e. The van der Waals surface area contributed by atoms with Crippen LogP contribution in [0.25, 0.3) is 0 Å². The molecule has 1 atom stereocenters. The fourth-order valence-corrected chi connectivity index (χ4v) is 2.68. The molecule has 0 spiro atoms. The van der Waals surface area contributed by atoms with Crippen molar-refractivity contribution >= 4 is 11.4 Å². The molecule has 1 aliphatic rings. The normalized spacial score (nSPS) is 19.1. The van der Waals surface area contributed by atoms with Gasteiger partial charge in [0.15, 0.2) is 0 Å². The Hall–Kier alpha value is -1.62. The molecular formula is C14H21N3O2. The van der Waals surface area contributed by atoms with Crippen molar-refractivity contribution in [3.05, 3.63) is 34.4 Å². The second-order valence-electron chi connectivity index (χ2n) is 5.00. The van der Waals surface area contributed by atoms with E-state index in [4.69, 9.17) is 0 Å². The van der Waals surface area contributed by atoms with Crippen LogP contribution < -0.4 is 10.2 Å². The van der Waals surface area contributed by atoms with Crippen LogP contribution >= 0.6 is 0 Å². The zero-order chi connectivity index (χ0) is 13.7. The summed E-state index contributed by atoms with van der Waals surface area (Å²) in [4.78, 5) is 12.9. The molecule has 0 amide bonds. The number of hydrogen-bond acceptors (Lipinski definition) is 4. The van der Waals surface area contributed by atoms with Crippen LogP contribution in [0.4, 0.5) is 11.4 Å². The van der Waals surface area contributed by atoms with Gasteiger partial charge in [-0.3, -0.25) is 10.1 Å². The number of rotatable bonds is 5. The Labute approximate surface area is 113 Å². The van der Waals surface area contributed by atoms with Gasteiger partial charge in [-0.25, -0.2) is 0 Å². The third-order valence-corrected chi connectivity index (χ3v) is 3.68. The predicted molar refractivity (Wildman–Crippen MR) is 76.6 cm³/mol. The highest BCUT2D eigenvalue weighted by molar-refractivity contribution is 5.63. The molecule has 104 valence electrons. The molecule has 1 aromatic carbocycles. The van der Waals surface area contributed by atoms with Gasteiger partial charge < -0.3 is 10.2 Å². The highest BCUT2D eigenvalue weighted by Crippen LogP contribution is 2.28. The number of nitrogens with one attached hydrogen (secondary N) is 1. The summed E-state index contributed by atoms with van der Waals surface area (Å²) in [6, 6.07) is 7.01. The molecule has 0 saturated carbocycles. The molecule has 0 aromatic heterocycles. The Balaban J connectivity index is 2.14. The van der Waals surface area contributed by atoms with Gasteiger partial charge in [-0.05, 0) is 44.8 Å². The van der Waals surface area contributed by atoms with Crippen LogP contribution in [0.5, 0.6) is 0 Å². The van der Waals surface area contributed by atoms with Gasteiger partial charge in [0.2, 0.25) is 0 Å². The summed E-state index contributed by atoms with van der Waals surface area (Å²) < 4.78 is 0. The van der Waals surface area contributed by atoms with Crippen molar-refractivity contribution < 1.29 is 4.92 Å². The fraction of sp³-hybridized carbons (Fsp3) is 0.571. The number of nitrogens with zero attached hydrogens (tertiary/aromatic N) is 2. The molecule has 5 nitrogen and oxygen atoms in total. The van der Waals surface area contributed by atoms with E-state index in [0.717, 1.165) is 31.9 Å². The van der Waals surface area contributed by atoms with E-state index in [-0.39, 0.29) is 10.6 Å². The molecule has 1 aromatic rings. The van der Waals surface area contributed by atoms with E-state index in [1.54, 1.807) is 12.1 Å². The molecule has 0 aliphatic carbocycles. The van der Waals surface area contributed by atoms with E-state index in [9.17, 15) is 10.1 Å². The zero-order valence-corrected chi connectivity index (χ0v) is 11.3. The van der Waals surface area contributed by atoms with Crippen LogP contribution in [-0.2, 0) is 0 Å². The lowest BCUT2D eigenvalue weighted by molar-refractivity contribution is -0.384. The summed E-state index contributed by atoms with van der Waals surface area (Å²) >= 11 is 0. The Kier molecular flexibility index (Phi) is 4.74. The first kappa shape index (κ1) is 13.8. The van der Waals surface area contributed by atoms with Gasteiger partial charge in [-0.15, -0.1) is 0 Å². The van der Waals surface area contributed by atoms with E-state index >= 15 is 0 Å². The highest BCUT2D eigenvalue weighted by atomic mass is 16.6. The third kappa shape index (κ3) is 3.44. The van der Waals surface area contributed by atoms with Gasteiger partial charge in [-0.1, -0.05) is 12.1 Å². The van der Waals surface area contributed by atoms with E-state index in [1.165, 1.54) is 12.8 Å². The first-order chi connectivity index (χ1) is 9.22. The second kappa shape index (κ2) is 6.52. The Morgan fingerprint density at radius 2 is 2.26 bits per heavy atom.